The second-order valence-corrected chi connectivity index (χ2v) is 7.74. The number of benzene rings is 1. The van der Waals surface area contributed by atoms with Gasteiger partial charge in [-0.1, -0.05) is 0 Å². The summed E-state index contributed by atoms with van der Waals surface area (Å²) in [4.78, 5) is 2.55. The summed E-state index contributed by atoms with van der Waals surface area (Å²) < 4.78 is 32.4. The Morgan fingerprint density at radius 1 is 1.25 bits per heavy atom. The van der Waals surface area contributed by atoms with Crippen LogP contribution in [0.3, 0.4) is 0 Å². The Hall–Kier alpha value is -1.83. The third kappa shape index (κ3) is 3.98. The summed E-state index contributed by atoms with van der Waals surface area (Å²) in [5, 5.41) is 3.31. The molecule has 0 amide bonds. The Kier molecular flexibility index (Phi) is 5.23. The molecule has 1 fully saturated rings. The summed E-state index contributed by atoms with van der Waals surface area (Å²) in [6.45, 7) is 2.09. The molecular formula is C17H23N3O3S. The van der Waals surface area contributed by atoms with Crippen LogP contribution in [0.15, 0.2) is 52.0 Å². The van der Waals surface area contributed by atoms with Crippen LogP contribution in [0.25, 0.3) is 0 Å². The number of piperidine rings is 1. The highest BCUT2D eigenvalue weighted by molar-refractivity contribution is 7.89. The molecule has 1 aromatic heterocycles. The first-order valence-corrected chi connectivity index (χ1v) is 9.61. The largest absolute Gasteiger partial charge is 0.468 e. The van der Waals surface area contributed by atoms with Gasteiger partial charge in [0.15, 0.2) is 0 Å². The minimum Gasteiger partial charge on any atom is -0.468 e. The zero-order chi connectivity index (χ0) is 17.0. The lowest BCUT2D eigenvalue weighted by molar-refractivity contribution is 0.449. The number of hydrogen-bond acceptors (Lipinski definition) is 5. The topological polar surface area (TPSA) is 74.6 Å². The van der Waals surface area contributed by atoms with Gasteiger partial charge in [0.05, 0.1) is 17.7 Å². The van der Waals surface area contributed by atoms with Gasteiger partial charge in [-0.15, -0.1) is 0 Å². The van der Waals surface area contributed by atoms with Crippen LogP contribution >= 0.6 is 0 Å². The van der Waals surface area contributed by atoms with Gasteiger partial charge < -0.3 is 14.6 Å². The third-order valence-corrected chi connectivity index (χ3v) is 5.78. The fourth-order valence-electron chi connectivity index (χ4n) is 2.95. The molecule has 0 saturated carbocycles. The fraction of sp³-hybridized carbons (Fsp3) is 0.412. The van der Waals surface area contributed by atoms with Crippen LogP contribution in [0.5, 0.6) is 0 Å². The maximum atomic E-state index is 12.3. The summed E-state index contributed by atoms with van der Waals surface area (Å²) in [5.74, 6) is 0.585. The Labute approximate surface area is 142 Å². The minimum atomic E-state index is -3.54. The second kappa shape index (κ2) is 7.38. The molecule has 1 saturated heterocycles. The smallest absolute Gasteiger partial charge is 0.240 e. The van der Waals surface area contributed by atoms with E-state index in [9.17, 15) is 8.42 Å². The Morgan fingerprint density at radius 3 is 2.71 bits per heavy atom. The quantitative estimate of drug-likeness (QED) is 0.834. The van der Waals surface area contributed by atoms with Crippen molar-refractivity contribution in [2.24, 2.45) is 0 Å². The number of furan rings is 1. The van der Waals surface area contributed by atoms with E-state index in [1.807, 2.05) is 19.2 Å². The second-order valence-electron chi connectivity index (χ2n) is 5.97. The molecule has 0 aliphatic carbocycles. The SMILES string of the molecule is CNC1CCCN(c2ccc(S(=O)(=O)NCc3ccco3)cc2)C1. The Morgan fingerprint density at radius 2 is 2.04 bits per heavy atom. The first kappa shape index (κ1) is 17.0. The average molecular weight is 349 g/mol. The highest BCUT2D eigenvalue weighted by atomic mass is 32.2. The molecule has 130 valence electrons. The number of nitrogens with one attached hydrogen (secondary N) is 2. The number of likely N-dealkylation sites (N-methyl/N-ethyl adjacent to an activating group) is 1. The molecule has 7 heteroatoms. The van der Waals surface area contributed by atoms with Crippen molar-refractivity contribution in [3.8, 4) is 0 Å². The monoisotopic (exact) mass is 349 g/mol. The predicted molar refractivity (Wildman–Crippen MR) is 93.5 cm³/mol. The zero-order valence-corrected chi connectivity index (χ0v) is 14.6. The maximum absolute atomic E-state index is 12.3. The van der Waals surface area contributed by atoms with E-state index in [0.29, 0.717) is 11.8 Å². The van der Waals surface area contributed by atoms with E-state index in [2.05, 4.69) is 14.9 Å². The van der Waals surface area contributed by atoms with Crippen molar-refractivity contribution in [1.29, 1.82) is 0 Å². The van der Waals surface area contributed by atoms with Crippen LogP contribution < -0.4 is 14.9 Å². The average Bonchev–Trinajstić information content (AvgIpc) is 3.14. The van der Waals surface area contributed by atoms with Gasteiger partial charge in [-0.05, 0) is 56.3 Å². The maximum Gasteiger partial charge on any atom is 0.240 e. The molecule has 2 N–H and O–H groups in total. The molecule has 1 aliphatic rings. The fourth-order valence-corrected chi connectivity index (χ4v) is 3.94. The van der Waals surface area contributed by atoms with Gasteiger partial charge in [-0.2, -0.15) is 0 Å². The van der Waals surface area contributed by atoms with Crippen LogP contribution in [-0.4, -0.2) is 34.6 Å². The van der Waals surface area contributed by atoms with Gasteiger partial charge in [0.1, 0.15) is 5.76 Å². The first-order valence-electron chi connectivity index (χ1n) is 8.13. The van der Waals surface area contributed by atoms with Crippen LogP contribution in [0, 0.1) is 0 Å². The lowest BCUT2D eigenvalue weighted by Crippen LogP contribution is -2.44. The summed E-state index contributed by atoms with van der Waals surface area (Å²) in [5.41, 5.74) is 1.06. The van der Waals surface area contributed by atoms with Crippen LogP contribution in [0.2, 0.25) is 0 Å². The van der Waals surface area contributed by atoms with E-state index in [4.69, 9.17) is 4.42 Å². The van der Waals surface area contributed by atoms with Crippen molar-refractivity contribution in [1.82, 2.24) is 10.0 Å². The van der Waals surface area contributed by atoms with Gasteiger partial charge in [0.25, 0.3) is 0 Å². The van der Waals surface area contributed by atoms with Crippen LogP contribution in [0.1, 0.15) is 18.6 Å². The molecule has 0 bridgehead atoms. The van der Waals surface area contributed by atoms with Crippen molar-refractivity contribution in [3.63, 3.8) is 0 Å². The first-order chi connectivity index (χ1) is 11.6. The highest BCUT2D eigenvalue weighted by Gasteiger charge is 2.20. The minimum absolute atomic E-state index is 0.146. The lowest BCUT2D eigenvalue weighted by atomic mass is 10.1. The standard InChI is InChI=1S/C17H23N3O3S/c1-18-14-4-2-10-20(13-14)15-6-8-17(9-7-15)24(21,22)19-12-16-5-3-11-23-16/h3,5-9,11,14,18-19H,2,4,10,12-13H2,1H3. The number of sulfonamides is 1. The molecule has 0 spiro atoms. The molecule has 24 heavy (non-hydrogen) atoms. The van der Waals surface area contributed by atoms with Gasteiger partial charge in [-0.25, -0.2) is 13.1 Å². The van der Waals surface area contributed by atoms with E-state index >= 15 is 0 Å². The van der Waals surface area contributed by atoms with Crippen molar-refractivity contribution in [2.75, 3.05) is 25.0 Å². The summed E-state index contributed by atoms with van der Waals surface area (Å²) in [6.07, 6.45) is 3.84. The van der Waals surface area contributed by atoms with E-state index in [0.717, 1.165) is 25.2 Å². The molecular weight excluding hydrogens is 326 g/mol. The van der Waals surface area contributed by atoms with Gasteiger partial charge >= 0.3 is 0 Å². The summed E-state index contributed by atoms with van der Waals surface area (Å²) in [6, 6.07) is 11.0. The number of rotatable bonds is 6. The van der Waals surface area contributed by atoms with Crippen molar-refractivity contribution in [3.05, 3.63) is 48.4 Å². The lowest BCUT2D eigenvalue weighted by Gasteiger charge is -2.34. The van der Waals surface area contributed by atoms with Crippen molar-refractivity contribution in [2.45, 2.75) is 30.3 Å². The highest BCUT2D eigenvalue weighted by Crippen LogP contribution is 2.22. The van der Waals surface area contributed by atoms with Crippen molar-refractivity contribution < 1.29 is 12.8 Å². The van der Waals surface area contributed by atoms with E-state index in [1.165, 1.54) is 12.7 Å². The molecule has 1 aromatic carbocycles. The van der Waals surface area contributed by atoms with E-state index in [1.54, 1.807) is 24.3 Å². The van der Waals surface area contributed by atoms with E-state index in [-0.39, 0.29) is 11.4 Å². The predicted octanol–water partition coefficient (Wildman–Crippen LogP) is 1.95. The van der Waals surface area contributed by atoms with Crippen molar-refractivity contribution >= 4 is 15.7 Å². The molecule has 2 aromatic rings. The summed E-state index contributed by atoms with van der Waals surface area (Å²) >= 11 is 0. The summed E-state index contributed by atoms with van der Waals surface area (Å²) in [7, 11) is -1.56. The van der Waals surface area contributed by atoms with Crippen LogP contribution in [0.4, 0.5) is 5.69 Å². The molecule has 1 atom stereocenters. The molecule has 0 radical (unpaired) electrons. The number of nitrogens with zero attached hydrogens (tertiary/aromatic N) is 1. The zero-order valence-electron chi connectivity index (χ0n) is 13.7. The number of anilines is 1. The normalized spacial score (nSPS) is 18.7. The Balaban J connectivity index is 1.67. The molecule has 1 aliphatic heterocycles. The molecule has 2 heterocycles. The van der Waals surface area contributed by atoms with Gasteiger partial charge in [-0.3, -0.25) is 0 Å². The molecule has 6 nitrogen and oxygen atoms in total. The third-order valence-electron chi connectivity index (χ3n) is 4.36. The molecule has 3 rings (SSSR count). The van der Waals surface area contributed by atoms with Gasteiger partial charge in [0.2, 0.25) is 10.0 Å². The Bertz CT molecular complexity index is 742. The molecule has 1 unspecified atom stereocenters. The number of hydrogen-bond donors (Lipinski definition) is 2. The van der Waals surface area contributed by atoms with Crippen LogP contribution in [-0.2, 0) is 16.6 Å². The van der Waals surface area contributed by atoms with E-state index < -0.39 is 10.0 Å². The van der Waals surface area contributed by atoms with Gasteiger partial charge in [0, 0.05) is 24.8 Å².